The Morgan fingerprint density at radius 2 is 1.68 bits per heavy atom. The number of methoxy groups -OCH3 is 1. The van der Waals surface area contributed by atoms with Crippen molar-refractivity contribution in [3.05, 3.63) is 65.4 Å². The van der Waals surface area contributed by atoms with Gasteiger partial charge in [-0.2, -0.15) is 0 Å². The Morgan fingerprint density at radius 1 is 1.03 bits per heavy atom. The summed E-state index contributed by atoms with van der Waals surface area (Å²) in [5.74, 6) is -1.45. The van der Waals surface area contributed by atoms with Gasteiger partial charge < -0.3 is 14.2 Å². The van der Waals surface area contributed by atoms with Crippen LogP contribution in [0.2, 0.25) is 0 Å². The Morgan fingerprint density at radius 3 is 2.29 bits per heavy atom. The van der Waals surface area contributed by atoms with Gasteiger partial charge >= 0.3 is 11.9 Å². The number of benzene rings is 2. The number of fused-ring (bicyclic) bond motifs is 1. The molecule has 164 valence electrons. The minimum absolute atomic E-state index is 0.0707. The Labute approximate surface area is 181 Å². The molecule has 1 aliphatic heterocycles. The van der Waals surface area contributed by atoms with Crippen molar-refractivity contribution in [3.63, 3.8) is 0 Å². The first kappa shape index (κ1) is 22.4. The third kappa shape index (κ3) is 4.41. The van der Waals surface area contributed by atoms with Crippen LogP contribution in [0.1, 0.15) is 25.0 Å². The van der Waals surface area contributed by atoms with Crippen LogP contribution in [0.5, 0.6) is 5.75 Å². The minimum atomic E-state index is -4.06. The average molecular weight is 445 g/mol. The summed E-state index contributed by atoms with van der Waals surface area (Å²) in [4.78, 5) is 25.1. The minimum Gasteiger partial charge on any atom is -0.482 e. The molecule has 2 aromatic rings. The highest BCUT2D eigenvalue weighted by Crippen LogP contribution is 2.39. The molecule has 0 saturated heterocycles. The second-order valence-electron chi connectivity index (χ2n) is 7.14. The summed E-state index contributed by atoms with van der Waals surface area (Å²) < 4.78 is 43.0. The van der Waals surface area contributed by atoms with Crippen LogP contribution in [0.25, 0.3) is 5.76 Å². The van der Waals surface area contributed by atoms with E-state index >= 15 is 0 Å². The fourth-order valence-electron chi connectivity index (χ4n) is 3.17. The van der Waals surface area contributed by atoms with Gasteiger partial charge in [-0.1, -0.05) is 29.8 Å². The molecule has 0 fully saturated rings. The van der Waals surface area contributed by atoms with Crippen molar-refractivity contribution in [1.29, 1.82) is 0 Å². The van der Waals surface area contributed by atoms with Crippen molar-refractivity contribution in [3.8, 4) is 5.75 Å². The van der Waals surface area contributed by atoms with E-state index in [9.17, 15) is 18.0 Å². The highest BCUT2D eigenvalue weighted by molar-refractivity contribution is 7.89. The normalized spacial score (nSPS) is 14.8. The number of hydrogen-bond donors (Lipinski definition) is 0. The maximum Gasteiger partial charge on any atom is 0.359 e. The van der Waals surface area contributed by atoms with Crippen molar-refractivity contribution in [2.45, 2.75) is 31.7 Å². The summed E-state index contributed by atoms with van der Waals surface area (Å²) in [5.41, 5.74) is 0.778. The molecule has 0 atom stereocenters. The van der Waals surface area contributed by atoms with E-state index in [0.29, 0.717) is 5.75 Å². The number of carbonyl (C=O) groups excluding carboxylic acids is 2. The zero-order valence-electron chi connectivity index (χ0n) is 17.6. The van der Waals surface area contributed by atoms with Gasteiger partial charge in [0.1, 0.15) is 5.75 Å². The molecule has 0 radical (unpaired) electrons. The molecular formula is C22H23NO7S. The number of esters is 2. The van der Waals surface area contributed by atoms with Crippen LogP contribution in [0.15, 0.2) is 59.1 Å². The first-order chi connectivity index (χ1) is 14.7. The summed E-state index contributed by atoms with van der Waals surface area (Å²) in [6.07, 6.45) is 0. The lowest BCUT2D eigenvalue weighted by molar-refractivity contribution is -0.139. The van der Waals surface area contributed by atoms with Crippen LogP contribution in [0.4, 0.5) is 0 Å². The second kappa shape index (κ2) is 8.81. The van der Waals surface area contributed by atoms with Crippen molar-refractivity contribution >= 4 is 27.7 Å². The van der Waals surface area contributed by atoms with Gasteiger partial charge in [0.05, 0.1) is 12.0 Å². The smallest absolute Gasteiger partial charge is 0.359 e. The van der Waals surface area contributed by atoms with Crippen molar-refractivity contribution < 1.29 is 32.2 Å². The predicted octanol–water partition coefficient (Wildman–Crippen LogP) is 2.87. The Hall–Kier alpha value is -3.33. The zero-order chi connectivity index (χ0) is 22.8. The van der Waals surface area contributed by atoms with Gasteiger partial charge in [-0.15, -0.1) is 0 Å². The maximum atomic E-state index is 13.2. The molecule has 0 amide bonds. The average Bonchev–Trinajstić information content (AvgIpc) is 2.74. The third-order valence-electron chi connectivity index (χ3n) is 4.55. The molecule has 0 N–H and O–H groups in total. The molecule has 31 heavy (non-hydrogen) atoms. The molecule has 8 nitrogen and oxygen atoms in total. The Kier molecular flexibility index (Phi) is 6.35. The van der Waals surface area contributed by atoms with E-state index in [-0.39, 0.29) is 21.9 Å². The number of carbonyl (C=O) groups is 2. The molecule has 2 aromatic carbocycles. The molecule has 0 spiro atoms. The van der Waals surface area contributed by atoms with Crippen molar-refractivity contribution in [1.82, 2.24) is 4.31 Å². The van der Waals surface area contributed by atoms with E-state index in [1.807, 2.05) is 19.1 Å². The number of nitrogens with zero attached hydrogens (tertiary/aromatic N) is 1. The highest BCUT2D eigenvalue weighted by Gasteiger charge is 2.43. The summed E-state index contributed by atoms with van der Waals surface area (Å²) in [7, 11) is -2.94. The Bertz CT molecular complexity index is 1130. The lowest BCUT2D eigenvalue weighted by Crippen LogP contribution is -2.43. The molecule has 0 aliphatic carbocycles. The number of ether oxygens (including phenoxy) is 3. The van der Waals surface area contributed by atoms with Crippen LogP contribution >= 0.6 is 0 Å². The van der Waals surface area contributed by atoms with Crippen molar-refractivity contribution in [2.24, 2.45) is 0 Å². The molecule has 0 saturated carbocycles. The van der Waals surface area contributed by atoms with E-state index < -0.39 is 34.6 Å². The van der Waals surface area contributed by atoms with Gasteiger partial charge in [-0.3, -0.25) is 4.31 Å². The van der Waals surface area contributed by atoms with E-state index in [4.69, 9.17) is 14.2 Å². The quantitative estimate of drug-likeness (QED) is 0.631. The molecule has 1 heterocycles. The van der Waals surface area contributed by atoms with Gasteiger partial charge in [-0.25, -0.2) is 18.0 Å². The number of rotatable bonds is 6. The summed E-state index contributed by atoms with van der Waals surface area (Å²) >= 11 is 0. The summed E-state index contributed by atoms with van der Waals surface area (Å²) in [6.45, 7) is 4.70. The number of hydrogen-bond acceptors (Lipinski definition) is 7. The van der Waals surface area contributed by atoms with Gasteiger partial charge in [0.2, 0.25) is 0 Å². The van der Waals surface area contributed by atoms with Gasteiger partial charge in [0.25, 0.3) is 10.0 Å². The number of aryl methyl sites for hydroxylation is 1. The Balaban J connectivity index is 2.01. The van der Waals surface area contributed by atoms with E-state index in [0.717, 1.165) is 17.0 Å². The molecule has 3 rings (SSSR count). The van der Waals surface area contributed by atoms with E-state index in [1.165, 1.54) is 12.1 Å². The fraction of sp³-hybridized carbons (Fsp3) is 0.273. The lowest BCUT2D eigenvalue weighted by Gasteiger charge is -2.34. The number of sulfonamides is 1. The van der Waals surface area contributed by atoms with Crippen LogP contribution < -0.4 is 4.74 Å². The van der Waals surface area contributed by atoms with E-state index in [2.05, 4.69) is 0 Å². The molecule has 0 aromatic heterocycles. The van der Waals surface area contributed by atoms with Crippen LogP contribution in [-0.2, 0) is 29.1 Å². The van der Waals surface area contributed by atoms with Crippen LogP contribution in [-0.4, -0.2) is 44.4 Å². The summed E-state index contributed by atoms with van der Waals surface area (Å²) in [6, 6.07) is 12.5. The van der Waals surface area contributed by atoms with Gasteiger partial charge in [0.15, 0.2) is 18.1 Å². The largest absolute Gasteiger partial charge is 0.482 e. The van der Waals surface area contributed by atoms with Crippen LogP contribution in [0.3, 0.4) is 0 Å². The first-order valence-electron chi connectivity index (χ1n) is 9.53. The molecular weight excluding hydrogens is 422 g/mol. The fourth-order valence-corrected chi connectivity index (χ4v) is 5.03. The SMILES string of the molecule is COC(=O)C1=C(OC(=O)COc2ccc(C)cc2)c2ccccc2S(=O)(=O)N1C(C)C. The summed E-state index contributed by atoms with van der Waals surface area (Å²) in [5, 5.41) is 0. The second-order valence-corrected chi connectivity index (χ2v) is 8.92. The molecule has 0 bridgehead atoms. The maximum absolute atomic E-state index is 13.2. The van der Waals surface area contributed by atoms with Gasteiger partial charge in [-0.05, 0) is 45.0 Å². The molecule has 0 unspecified atom stereocenters. The standard InChI is InChI=1S/C22H23NO7S/c1-14(2)23-20(22(25)28-4)21(17-7-5-6-8-18(17)31(23,26)27)30-19(24)13-29-16-11-9-15(3)10-12-16/h5-12,14H,13H2,1-4H3. The van der Waals surface area contributed by atoms with Crippen LogP contribution in [0, 0.1) is 6.92 Å². The predicted molar refractivity (Wildman–Crippen MR) is 112 cm³/mol. The monoisotopic (exact) mass is 445 g/mol. The molecule has 1 aliphatic rings. The topological polar surface area (TPSA) is 99.2 Å². The van der Waals surface area contributed by atoms with Gasteiger partial charge in [0, 0.05) is 11.6 Å². The highest BCUT2D eigenvalue weighted by atomic mass is 32.2. The first-order valence-corrected chi connectivity index (χ1v) is 11.0. The van der Waals surface area contributed by atoms with E-state index in [1.54, 1.807) is 38.1 Å². The molecule has 9 heteroatoms. The zero-order valence-corrected chi connectivity index (χ0v) is 18.4. The third-order valence-corrected chi connectivity index (χ3v) is 6.58. The van der Waals surface area contributed by atoms with Crippen molar-refractivity contribution in [2.75, 3.05) is 13.7 Å². The lowest BCUT2D eigenvalue weighted by atomic mass is 10.1.